The standard InChI is InChI=1S/C14H15N5O/c1-3-20-10-6-4-9(5-7-10)12-11-13(15)16-8-17-14(11)19(2)18-12/h4-8H,3H2,1-2H3,(H2,15,16,17). The Morgan fingerprint density at radius 1 is 1.20 bits per heavy atom. The van der Waals surface area contributed by atoms with E-state index in [0.717, 1.165) is 28.0 Å². The first-order valence-corrected chi connectivity index (χ1v) is 6.37. The van der Waals surface area contributed by atoms with Crippen LogP contribution in [0.4, 0.5) is 5.82 Å². The number of ether oxygens (including phenoxy) is 1. The molecule has 2 aromatic heterocycles. The van der Waals surface area contributed by atoms with E-state index >= 15 is 0 Å². The lowest BCUT2D eigenvalue weighted by atomic mass is 10.1. The van der Waals surface area contributed by atoms with Crippen molar-refractivity contribution in [1.29, 1.82) is 0 Å². The third-order valence-electron chi connectivity index (χ3n) is 3.09. The number of fused-ring (bicyclic) bond motifs is 1. The van der Waals surface area contributed by atoms with Crippen molar-refractivity contribution in [2.75, 3.05) is 12.3 Å². The van der Waals surface area contributed by atoms with Gasteiger partial charge in [0, 0.05) is 12.6 Å². The van der Waals surface area contributed by atoms with Crippen molar-refractivity contribution < 1.29 is 4.74 Å². The summed E-state index contributed by atoms with van der Waals surface area (Å²) in [4.78, 5) is 8.26. The zero-order valence-electron chi connectivity index (χ0n) is 11.4. The molecule has 0 spiro atoms. The molecule has 0 aliphatic carbocycles. The molecule has 0 radical (unpaired) electrons. The average molecular weight is 269 g/mol. The number of nitrogens with zero attached hydrogens (tertiary/aromatic N) is 4. The van der Waals surface area contributed by atoms with Crippen LogP contribution in [-0.4, -0.2) is 26.4 Å². The van der Waals surface area contributed by atoms with Crippen LogP contribution in [0, 0.1) is 0 Å². The summed E-state index contributed by atoms with van der Waals surface area (Å²) in [6, 6.07) is 7.75. The van der Waals surface area contributed by atoms with Crippen LogP contribution in [0.5, 0.6) is 5.75 Å². The molecule has 6 heteroatoms. The zero-order valence-corrected chi connectivity index (χ0v) is 11.4. The lowest BCUT2D eigenvalue weighted by Gasteiger charge is -2.04. The van der Waals surface area contributed by atoms with E-state index in [-0.39, 0.29) is 0 Å². The molecule has 1 aromatic carbocycles. The van der Waals surface area contributed by atoms with E-state index in [9.17, 15) is 0 Å². The van der Waals surface area contributed by atoms with E-state index in [4.69, 9.17) is 10.5 Å². The van der Waals surface area contributed by atoms with Gasteiger partial charge in [0.05, 0.1) is 12.0 Å². The summed E-state index contributed by atoms with van der Waals surface area (Å²) in [5.74, 6) is 1.27. The van der Waals surface area contributed by atoms with E-state index in [1.54, 1.807) is 4.68 Å². The highest BCUT2D eigenvalue weighted by Gasteiger charge is 2.15. The average Bonchev–Trinajstić information content (AvgIpc) is 2.79. The van der Waals surface area contributed by atoms with Crippen molar-refractivity contribution in [2.24, 2.45) is 7.05 Å². The van der Waals surface area contributed by atoms with Crippen LogP contribution in [0.2, 0.25) is 0 Å². The Morgan fingerprint density at radius 3 is 2.65 bits per heavy atom. The van der Waals surface area contributed by atoms with E-state index in [2.05, 4.69) is 15.1 Å². The van der Waals surface area contributed by atoms with Crippen molar-refractivity contribution in [2.45, 2.75) is 6.92 Å². The molecule has 0 unspecified atom stereocenters. The maximum atomic E-state index is 5.96. The van der Waals surface area contributed by atoms with Crippen molar-refractivity contribution >= 4 is 16.9 Å². The highest BCUT2D eigenvalue weighted by Crippen LogP contribution is 2.30. The summed E-state index contributed by atoms with van der Waals surface area (Å²) in [7, 11) is 1.84. The van der Waals surface area contributed by atoms with Gasteiger partial charge in [0.1, 0.15) is 23.6 Å². The lowest BCUT2D eigenvalue weighted by Crippen LogP contribution is -1.95. The van der Waals surface area contributed by atoms with E-state index < -0.39 is 0 Å². The monoisotopic (exact) mass is 269 g/mol. The number of hydrogen-bond acceptors (Lipinski definition) is 5. The highest BCUT2D eigenvalue weighted by atomic mass is 16.5. The second-order valence-electron chi connectivity index (χ2n) is 4.39. The van der Waals surface area contributed by atoms with Gasteiger partial charge in [-0.25, -0.2) is 14.6 Å². The molecule has 6 nitrogen and oxygen atoms in total. The Hall–Kier alpha value is -2.63. The molecule has 0 fully saturated rings. The second kappa shape index (κ2) is 4.80. The molecule has 2 N–H and O–H groups in total. The number of nitrogen functional groups attached to an aromatic ring is 1. The fraction of sp³-hybridized carbons (Fsp3) is 0.214. The van der Waals surface area contributed by atoms with Crippen molar-refractivity contribution in [1.82, 2.24) is 19.7 Å². The molecule has 0 aliphatic heterocycles. The molecular weight excluding hydrogens is 254 g/mol. The minimum atomic E-state index is 0.437. The molecule has 0 saturated carbocycles. The first kappa shape index (κ1) is 12.4. The molecule has 0 amide bonds. The number of anilines is 1. The Balaban J connectivity index is 2.14. The fourth-order valence-corrected chi connectivity index (χ4v) is 2.19. The minimum absolute atomic E-state index is 0.437. The summed E-state index contributed by atoms with van der Waals surface area (Å²) >= 11 is 0. The Kier molecular flexibility index (Phi) is 2.98. The van der Waals surface area contributed by atoms with E-state index in [1.165, 1.54) is 6.33 Å². The third-order valence-corrected chi connectivity index (χ3v) is 3.09. The number of hydrogen-bond donors (Lipinski definition) is 1. The summed E-state index contributed by atoms with van der Waals surface area (Å²) < 4.78 is 7.15. The number of rotatable bonds is 3. The summed E-state index contributed by atoms with van der Waals surface area (Å²) in [6.07, 6.45) is 1.45. The number of aromatic nitrogens is 4. The molecule has 0 atom stereocenters. The molecule has 102 valence electrons. The van der Waals surface area contributed by atoms with Crippen LogP contribution >= 0.6 is 0 Å². The van der Waals surface area contributed by atoms with Gasteiger partial charge in [-0.05, 0) is 31.2 Å². The van der Waals surface area contributed by atoms with Crippen LogP contribution in [-0.2, 0) is 7.05 Å². The molecule has 0 bridgehead atoms. The van der Waals surface area contributed by atoms with Gasteiger partial charge in [-0.15, -0.1) is 0 Å². The molecular formula is C14H15N5O. The van der Waals surface area contributed by atoms with Crippen LogP contribution < -0.4 is 10.5 Å². The molecule has 3 rings (SSSR count). The van der Waals surface area contributed by atoms with Gasteiger partial charge in [0.15, 0.2) is 5.65 Å². The number of nitrogens with two attached hydrogens (primary N) is 1. The number of benzene rings is 1. The van der Waals surface area contributed by atoms with E-state index in [0.29, 0.717) is 12.4 Å². The van der Waals surface area contributed by atoms with E-state index in [1.807, 2.05) is 38.2 Å². The molecule has 0 aliphatic rings. The van der Waals surface area contributed by atoms with Gasteiger partial charge in [-0.1, -0.05) is 0 Å². The maximum Gasteiger partial charge on any atom is 0.163 e. The zero-order chi connectivity index (χ0) is 14.1. The van der Waals surface area contributed by atoms with Gasteiger partial charge < -0.3 is 10.5 Å². The molecule has 3 aromatic rings. The topological polar surface area (TPSA) is 78.8 Å². The minimum Gasteiger partial charge on any atom is -0.494 e. The van der Waals surface area contributed by atoms with Crippen LogP contribution in [0.3, 0.4) is 0 Å². The summed E-state index contributed by atoms with van der Waals surface area (Å²) in [5.41, 5.74) is 8.42. The lowest BCUT2D eigenvalue weighted by molar-refractivity contribution is 0.340. The smallest absolute Gasteiger partial charge is 0.163 e. The first-order valence-electron chi connectivity index (χ1n) is 6.37. The van der Waals surface area contributed by atoms with Gasteiger partial charge in [0.25, 0.3) is 0 Å². The largest absolute Gasteiger partial charge is 0.494 e. The van der Waals surface area contributed by atoms with Crippen molar-refractivity contribution in [3.63, 3.8) is 0 Å². The highest BCUT2D eigenvalue weighted by molar-refractivity contribution is 5.98. The van der Waals surface area contributed by atoms with Gasteiger partial charge >= 0.3 is 0 Å². The summed E-state index contributed by atoms with van der Waals surface area (Å²) in [5, 5.41) is 5.27. The maximum absolute atomic E-state index is 5.96. The third kappa shape index (κ3) is 1.95. The van der Waals surface area contributed by atoms with Gasteiger partial charge in [-0.2, -0.15) is 5.10 Å². The van der Waals surface area contributed by atoms with Crippen molar-refractivity contribution in [3.05, 3.63) is 30.6 Å². The molecule has 2 heterocycles. The van der Waals surface area contributed by atoms with Crippen molar-refractivity contribution in [3.8, 4) is 17.0 Å². The van der Waals surface area contributed by atoms with Gasteiger partial charge in [0.2, 0.25) is 0 Å². The van der Waals surface area contributed by atoms with Crippen LogP contribution in [0.15, 0.2) is 30.6 Å². The predicted octanol–water partition coefficient (Wildman–Crippen LogP) is 2.01. The first-order chi connectivity index (χ1) is 9.70. The second-order valence-corrected chi connectivity index (χ2v) is 4.39. The quantitative estimate of drug-likeness (QED) is 0.786. The molecule has 20 heavy (non-hydrogen) atoms. The summed E-state index contributed by atoms with van der Waals surface area (Å²) in [6.45, 7) is 2.60. The fourth-order valence-electron chi connectivity index (χ4n) is 2.19. The van der Waals surface area contributed by atoms with Crippen LogP contribution in [0.25, 0.3) is 22.3 Å². The van der Waals surface area contributed by atoms with Crippen LogP contribution in [0.1, 0.15) is 6.92 Å². The Labute approximate surface area is 116 Å². The Bertz CT molecular complexity index is 748. The molecule has 0 saturated heterocycles. The number of aryl methyl sites for hydroxylation is 1. The Morgan fingerprint density at radius 2 is 1.95 bits per heavy atom. The normalized spacial score (nSPS) is 10.9. The SMILES string of the molecule is CCOc1ccc(-c2nn(C)c3ncnc(N)c23)cc1. The van der Waals surface area contributed by atoms with Gasteiger partial charge in [-0.3, -0.25) is 0 Å². The predicted molar refractivity (Wildman–Crippen MR) is 77.3 cm³/mol.